The number of fused-ring (bicyclic) bond motifs is 1. The van der Waals surface area contributed by atoms with Gasteiger partial charge in [0.05, 0.1) is 11.7 Å². The summed E-state index contributed by atoms with van der Waals surface area (Å²) in [6.07, 6.45) is 1.06. The third-order valence-electron chi connectivity index (χ3n) is 8.08. The van der Waals surface area contributed by atoms with Crippen molar-refractivity contribution in [2.75, 3.05) is 13.6 Å². The fourth-order valence-corrected chi connectivity index (χ4v) is 5.54. The number of rotatable bonds is 16. The minimum atomic E-state index is -1.14. The summed E-state index contributed by atoms with van der Waals surface area (Å²) in [6, 6.07) is 23.0. The van der Waals surface area contributed by atoms with Gasteiger partial charge in [0.15, 0.2) is 0 Å². The van der Waals surface area contributed by atoms with Crippen LogP contribution in [0.4, 0.5) is 0 Å². The first-order valence-electron chi connectivity index (χ1n) is 16.3. The van der Waals surface area contributed by atoms with Gasteiger partial charge in [-0.15, -0.1) is 0 Å². The number of aromatic nitrogens is 1. The molecule has 4 rings (SSSR count). The van der Waals surface area contributed by atoms with Gasteiger partial charge in [-0.1, -0.05) is 78.9 Å². The van der Waals surface area contributed by atoms with E-state index in [2.05, 4.69) is 26.3 Å². The number of nitrogens with one attached hydrogen (secondary N) is 5. The number of aliphatic hydroxyl groups is 1. The minimum absolute atomic E-state index is 0.0978. The van der Waals surface area contributed by atoms with Crippen LogP contribution in [-0.2, 0) is 32.1 Å². The van der Waals surface area contributed by atoms with Gasteiger partial charge in [0, 0.05) is 50.6 Å². The van der Waals surface area contributed by atoms with Gasteiger partial charge >= 0.3 is 0 Å². The van der Waals surface area contributed by atoms with Gasteiger partial charge in [0.1, 0.15) is 18.1 Å². The molecule has 4 atom stereocenters. The summed E-state index contributed by atoms with van der Waals surface area (Å²) in [5.74, 6) is -2.37. The van der Waals surface area contributed by atoms with Crippen molar-refractivity contribution in [3.05, 3.63) is 108 Å². The van der Waals surface area contributed by atoms with Crippen LogP contribution in [0, 0.1) is 0 Å². The van der Waals surface area contributed by atoms with Crippen LogP contribution in [0.2, 0.25) is 0 Å². The summed E-state index contributed by atoms with van der Waals surface area (Å²) < 4.78 is 0. The van der Waals surface area contributed by atoms with Crippen LogP contribution in [0.3, 0.4) is 0 Å². The predicted octanol–water partition coefficient (Wildman–Crippen LogP) is 2.43. The van der Waals surface area contributed by atoms with Crippen molar-refractivity contribution < 1.29 is 29.1 Å². The van der Waals surface area contributed by atoms with Crippen LogP contribution < -0.4 is 21.3 Å². The number of likely N-dealkylation sites (N-methyl/N-ethyl adjacent to an activating group) is 1. The molecule has 4 aromatic rings. The summed E-state index contributed by atoms with van der Waals surface area (Å²) in [7, 11) is 1.68. The number of amides is 5. The van der Waals surface area contributed by atoms with E-state index in [1.807, 2.05) is 78.9 Å². The summed E-state index contributed by atoms with van der Waals surface area (Å²) in [4.78, 5) is 70.1. The lowest BCUT2D eigenvalue weighted by Gasteiger charge is -2.27. The fraction of sp³-hybridized carbons (Fsp3) is 0.324. The molecule has 0 aliphatic rings. The molecule has 6 N–H and O–H groups in total. The normalized spacial score (nSPS) is 13.4. The van der Waals surface area contributed by atoms with E-state index < -0.39 is 47.9 Å². The van der Waals surface area contributed by atoms with E-state index in [4.69, 9.17) is 0 Å². The maximum absolute atomic E-state index is 14.0. The lowest BCUT2D eigenvalue weighted by Crippen LogP contribution is -2.55. The van der Waals surface area contributed by atoms with Crippen LogP contribution in [-0.4, -0.2) is 82.3 Å². The smallest absolute Gasteiger partial charge is 0.254 e. The standard InChI is InChI=1S/C37H44N6O6/c1-24(44)33(40-25(2)45)36(48)38-20-12-19-31(41-34(46)29-22-39-30-18-11-10-17-28(29)30)35(47)42-32(21-26-13-6-4-7-14-26)37(49)43(3)23-27-15-8-5-9-16-27/h4-11,13-18,22,24,31-33,39,44H,12,19-21,23H2,1-3H3,(H,38,48)(H,40,45)(H,41,46)(H,42,47)/t24-,31?,32-,33?/m1/s1. The van der Waals surface area contributed by atoms with Crippen LogP contribution in [0.5, 0.6) is 0 Å². The maximum Gasteiger partial charge on any atom is 0.254 e. The maximum atomic E-state index is 14.0. The Balaban J connectivity index is 1.52. The summed E-state index contributed by atoms with van der Waals surface area (Å²) in [6.45, 7) is 3.08. The number of hydrogen-bond donors (Lipinski definition) is 6. The Morgan fingerprint density at radius 2 is 1.43 bits per heavy atom. The van der Waals surface area contributed by atoms with E-state index in [0.29, 0.717) is 17.5 Å². The Morgan fingerprint density at radius 3 is 2.08 bits per heavy atom. The third-order valence-corrected chi connectivity index (χ3v) is 8.08. The molecule has 0 aliphatic carbocycles. The lowest BCUT2D eigenvalue weighted by molar-refractivity contribution is -0.136. The molecule has 5 amide bonds. The number of para-hydroxylation sites is 1. The molecule has 12 heteroatoms. The molecule has 0 bridgehead atoms. The number of aliphatic hydroxyl groups excluding tert-OH is 1. The second-order valence-electron chi connectivity index (χ2n) is 12.1. The van der Waals surface area contributed by atoms with Crippen LogP contribution in [0.15, 0.2) is 91.1 Å². The van der Waals surface area contributed by atoms with Crippen molar-refractivity contribution in [3.63, 3.8) is 0 Å². The van der Waals surface area contributed by atoms with E-state index in [0.717, 1.165) is 16.6 Å². The quantitative estimate of drug-likeness (QED) is 0.100. The van der Waals surface area contributed by atoms with Gasteiger partial charge < -0.3 is 36.3 Å². The first-order chi connectivity index (χ1) is 23.5. The molecule has 0 aliphatic heterocycles. The van der Waals surface area contributed by atoms with Crippen LogP contribution in [0.1, 0.15) is 48.2 Å². The largest absolute Gasteiger partial charge is 0.391 e. The molecular formula is C37H44N6O6. The highest BCUT2D eigenvalue weighted by Crippen LogP contribution is 2.18. The highest BCUT2D eigenvalue weighted by atomic mass is 16.3. The van der Waals surface area contributed by atoms with E-state index in [-0.39, 0.29) is 31.7 Å². The Bertz CT molecular complexity index is 1730. The van der Waals surface area contributed by atoms with E-state index in [1.54, 1.807) is 24.2 Å². The number of carbonyl (C=O) groups is 5. The molecule has 258 valence electrons. The van der Waals surface area contributed by atoms with E-state index in [1.165, 1.54) is 13.8 Å². The van der Waals surface area contributed by atoms with Crippen molar-refractivity contribution in [1.29, 1.82) is 0 Å². The molecule has 12 nitrogen and oxygen atoms in total. The molecule has 1 heterocycles. The van der Waals surface area contributed by atoms with Gasteiger partial charge in [-0.3, -0.25) is 24.0 Å². The fourth-order valence-electron chi connectivity index (χ4n) is 5.54. The molecule has 1 aromatic heterocycles. The first-order valence-corrected chi connectivity index (χ1v) is 16.3. The number of hydrogen-bond acceptors (Lipinski definition) is 6. The van der Waals surface area contributed by atoms with Crippen molar-refractivity contribution in [1.82, 2.24) is 31.2 Å². The van der Waals surface area contributed by atoms with E-state index >= 15 is 0 Å². The summed E-state index contributed by atoms with van der Waals surface area (Å²) in [5.41, 5.74) is 2.91. The number of carbonyl (C=O) groups excluding carboxylic acids is 5. The number of nitrogens with zero attached hydrogens (tertiary/aromatic N) is 1. The second-order valence-corrected chi connectivity index (χ2v) is 12.1. The Morgan fingerprint density at radius 1 is 0.796 bits per heavy atom. The lowest BCUT2D eigenvalue weighted by atomic mass is 10.0. The van der Waals surface area contributed by atoms with Crippen LogP contribution >= 0.6 is 0 Å². The molecule has 3 aromatic carbocycles. The van der Waals surface area contributed by atoms with Gasteiger partial charge in [-0.2, -0.15) is 0 Å². The molecule has 0 saturated heterocycles. The van der Waals surface area contributed by atoms with Gasteiger partial charge in [0.25, 0.3) is 5.91 Å². The zero-order valence-electron chi connectivity index (χ0n) is 27.9. The Hall–Kier alpha value is -5.49. The van der Waals surface area contributed by atoms with Crippen molar-refractivity contribution in [2.45, 2.75) is 63.9 Å². The second kappa shape index (κ2) is 17.6. The molecule has 0 fully saturated rings. The van der Waals surface area contributed by atoms with Gasteiger partial charge in [0.2, 0.25) is 23.6 Å². The average Bonchev–Trinajstić information content (AvgIpc) is 3.53. The molecule has 49 heavy (non-hydrogen) atoms. The first kappa shape index (κ1) is 36.3. The average molecular weight is 669 g/mol. The highest BCUT2D eigenvalue weighted by Gasteiger charge is 2.30. The molecule has 0 radical (unpaired) electrons. The molecular weight excluding hydrogens is 624 g/mol. The number of benzene rings is 3. The third kappa shape index (κ3) is 10.5. The van der Waals surface area contributed by atoms with Crippen molar-refractivity contribution in [2.24, 2.45) is 0 Å². The zero-order chi connectivity index (χ0) is 35.3. The van der Waals surface area contributed by atoms with Crippen molar-refractivity contribution in [3.8, 4) is 0 Å². The summed E-state index contributed by atoms with van der Waals surface area (Å²) >= 11 is 0. The monoisotopic (exact) mass is 668 g/mol. The number of aromatic amines is 1. The van der Waals surface area contributed by atoms with Gasteiger partial charge in [-0.25, -0.2) is 0 Å². The Kier molecular flexibility index (Phi) is 13.1. The van der Waals surface area contributed by atoms with Crippen LogP contribution in [0.25, 0.3) is 10.9 Å². The SMILES string of the molecule is CC(=O)NC(C(=O)NCCCC(NC(=O)c1c[nH]c2ccccc12)C(=O)N[C@H](Cc1ccccc1)C(=O)N(C)Cc1ccccc1)[C@@H](C)O. The Labute approximate surface area is 285 Å². The topological polar surface area (TPSA) is 173 Å². The molecule has 0 spiro atoms. The predicted molar refractivity (Wildman–Crippen MR) is 186 cm³/mol. The number of H-pyrrole nitrogens is 1. The van der Waals surface area contributed by atoms with Gasteiger partial charge in [-0.05, 0) is 37.0 Å². The van der Waals surface area contributed by atoms with Crippen molar-refractivity contribution >= 4 is 40.4 Å². The summed E-state index contributed by atoms with van der Waals surface area (Å²) in [5, 5.41) is 21.5. The highest BCUT2D eigenvalue weighted by molar-refractivity contribution is 6.08. The van der Waals surface area contributed by atoms with E-state index in [9.17, 15) is 29.1 Å². The minimum Gasteiger partial charge on any atom is -0.391 e. The molecule has 0 saturated carbocycles. The zero-order valence-corrected chi connectivity index (χ0v) is 27.9. The molecule has 2 unspecified atom stereocenters.